The van der Waals surface area contributed by atoms with Gasteiger partial charge in [0.2, 0.25) is 0 Å². The van der Waals surface area contributed by atoms with Crippen molar-refractivity contribution in [3.8, 4) is 0 Å². The lowest BCUT2D eigenvalue weighted by Gasteiger charge is -2.23. The van der Waals surface area contributed by atoms with Gasteiger partial charge in [0.15, 0.2) is 0 Å². The van der Waals surface area contributed by atoms with Crippen molar-refractivity contribution < 1.29 is 0 Å². The van der Waals surface area contributed by atoms with Crippen LogP contribution in [0.25, 0.3) is 0 Å². The lowest BCUT2D eigenvalue weighted by molar-refractivity contribution is 0.757. The van der Waals surface area contributed by atoms with Gasteiger partial charge in [0.1, 0.15) is 0 Å². The van der Waals surface area contributed by atoms with Gasteiger partial charge in [0.05, 0.1) is 5.69 Å². The highest BCUT2D eigenvalue weighted by Gasteiger charge is 2.14. The molecule has 1 aliphatic heterocycles. The van der Waals surface area contributed by atoms with Gasteiger partial charge in [-0.2, -0.15) is 0 Å². The molecule has 0 atom stereocenters. The summed E-state index contributed by atoms with van der Waals surface area (Å²) < 4.78 is 0. The van der Waals surface area contributed by atoms with Gasteiger partial charge < -0.3 is 10.2 Å². The second-order valence-electron chi connectivity index (χ2n) is 5.33. The number of hydrogen-bond acceptors (Lipinski definition) is 3. The third kappa shape index (κ3) is 2.83. The molecule has 104 valence electrons. The van der Waals surface area contributed by atoms with Gasteiger partial charge in [-0.05, 0) is 43.1 Å². The number of fused-ring (bicyclic) bond motifs is 1. The topological polar surface area (TPSA) is 28.2 Å². The van der Waals surface area contributed by atoms with Gasteiger partial charge in [-0.15, -0.1) is 0 Å². The van der Waals surface area contributed by atoms with Crippen LogP contribution in [-0.4, -0.2) is 18.6 Å². The fraction of sp³-hybridized carbons (Fsp3) is 0.353. The summed E-state index contributed by atoms with van der Waals surface area (Å²) in [5.74, 6) is 0. The molecule has 2 aromatic rings. The molecule has 0 fully saturated rings. The molecule has 1 N–H and O–H groups in total. The van der Waals surface area contributed by atoms with E-state index in [-0.39, 0.29) is 0 Å². The van der Waals surface area contributed by atoms with E-state index in [1.807, 2.05) is 13.2 Å². The average Bonchev–Trinajstić information content (AvgIpc) is 2.70. The Morgan fingerprint density at radius 1 is 1.20 bits per heavy atom. The van der Waals surface area contributed by atoms with E-state index in [4.69, 9.17) is 0 Å². The van der Waals surface area contributed by atoms with E-state index in [1.54, 1.807) is 0 Å². The van der Waals surface area contributed by atoms with E-state index >= 15 is 0 Å². The van der Waals surface area contributed by atoms with Gasteiger partial charge in [-0.3, -0.25) is 4.98 Å². The smallest absolute Gasteiger partial charge is 0.0562 e. The maximum Gasteiger partial charge on any atom is 0.0562 e. The largest absolute Gasteiger partial charge is 0.367 e. The van der Waals surface area contributed by atoms with Crippen LogP contribution in [0.2, 0.25) is 0 Å². The van der Waals surface area contributed by atoms with Gasteiger partial charge >= 0.3 is 0 Å². The quantitative estimate of drug-likeness (QED) is 0.927. The number of aryl methyl sites for hydroxylation is 1. The van der Waals surface area contributed by atoms with Gasteiger partial charge in [0.25, 0.3) is 0 Å². The number of nitrogens with one attached hydrogen (secondary N) is 1. The summed E-state index contributed by atoms with van der Waals surface area (Å²) in [5.41, 5.74) is 5.33. The highest BCUT2D eigenvalue weighted by Crippen LogP contribution is 2.23. The van der Waals surface area contributed by atoms with E-state index in [0.717, 1.165) is 25.3 Å². The lowest BCUT2D eigenvalue weighted by atomic mass is 10.0. The van der Waals surface area contributed by atoms with Crippen LogP contribution in [0.15, 0.2) is 42.6 Å². The van der Waals surface area contributed by atoms with Crippen molar-refractivity contribution >= 4 is 5.69 Å². The number of aromatic nitrogens is 1. The fourth-order valence-electron chi connectivity index (χ4n) is 2.86. The maximum atomic E-state index is 4.40. The average molecular weight is 267 g/mol. The molecule has 0 saturated heterocycles. The molecule has 1 aromatic heterocycles. The number of pyridine rings is 1. The van der Waals surface area contributed by atoms with Crippen LogP contribution in [0.4, 0.5) is 5.69 Å². The van der Waals surface area contributed by atoms with Crippen molar-refractivity contribution in [2.24, 2.45) is 0 Å². The molecule has 3 nitrogen and oxygen atoms in total. The zero-order valence-electron chi connectivity index (χ0n) is 12.0. The minimum Gasteiger partial charge on any atom is -0.367 e. The molecule has 3 rings (SSSR count). The Morgan fingerprint density at radius 3 is 2.90 bits per heavy atom. The van der Waals surface area contributed by atoms with Crippen molar-refractivity contribution in [3.63, 3.8) is 0 Å². The minimum absolute atomic E-state index is 0.818. The summed E-state index contributed by atoms with van der Waals surface area (Å²) in [6.45, 7) is 2.93. The number of rotatable bonds is 3. The van der Waals surface area contributed by atoms with Crippen LogP contribution in [0.1, 0.15) is 23.2 Å². The molecular formula is C17H21N3. The molecule has 0 radical (unpaired) electrons. The standard InChI is InChI=1S/C17H21N3/c1-18-12-16-11-17(8-9-19-16)20-10-4-7-14-5-2-3-6-15(14)13-20/h2-3,5-6,8-9,11,18H,4,7,10,12-13H2,1H3. The van der Waals surface area contributed by atoms with Crippen LogP contribution in [0, 0.1) is 0 Å². The Morgan fingerprint density at radius 2 is 2.05 bits per heavy atom. The molecule has 0 unspecified atom stereocenters. The van der Waals surface area contributed by atoms with Gasteiger partial charge in [-0.1, -0.05) is 24.3 Å². The molecule has 0 spiro atoms. The summed E-state index contributed by atoms with van der Waals surface area (Å²) in [4.78, 5) is 6.87. The molecule has 20 heavy (non-hydrogen) atoms. The molecule has 0 saturated carbocycles. The molecule has 0 amide bonds. The summed E-state index contributed by atoms with van der Waals surface area (Å²) in [7, 11) is 1.95. The summed E-state index contributed by atoms with van der Waals surface area (Å²) in [6.07, 6.45) is 4.31. The summed E-state index contributed by atoms with van der Waals surface area (Å²) >= 11 is 0. The highest BCUT2D eigenvalue weighted by atomic mass is 15.1. The number of anilines is 1. The Balaban J connectivity index is 1.85. The Bertz CT molecular complexity index is 580. The molecule has 0 aliphatic carbocycles. The Hall–Kier alpha value is -1.87. The van der Waals surface area contributed by atoms with Crippen LogP contribution in [0.5, 0.6) is 0 Å². The normalized spacial score (nSPS) is 14.8. The van der Waals surface area contributed by atoms with Crippen LogP contribution >= 0.6 is 0 Å². The van der Waals surface area contributed by atoms with E-state index in [9.17, 15) is 0 Å². The fourth-order valence-corrected chi connectivity index (χ4v) is 2.86. The van der Waals surface area contributed by atoms with Crippen molar-refractivity contribution in [3.05, 3.63) is 59.4 Å². The molecular weight excluding hydrogens is 246 g/mol. The first-order valence-electron chi connectivity index (χ1n) is 7.28. The Labute approximate surface area is 120 Å². The second kappa shape index (κ2) is 6.06. The molecule has 1 aromatic carbocycles. The third-order valence-electron chi connectivity index (χ3n) is 3.88. The van der Waals surface area contributed by atoms with E-state index in [0.29, 0.717) is 0 Å². The van der Waals surface area contributed by atoms with Gasteiger partial charge in [-0.25, -0.2) is 0 Å². The SMILES string of the molecule is CNCc1cc(N2CCCc3ccccc3C2)ccn1. The zero-order valence-corrected chi connectivity index (χ0v) is 12.0. The number of nitrogens with zero attached hydrogens (tertiary/aromatic N) is 2. The van der Waals surface area contributed by atoms with Crippen LogP contribution < -0.4 is 10.2 Å². The summed E-state index contributed by atoms with van der Waals surface area (Å²) in [5, 5.41) is 3.16. The first kappa shape index (κ1) is 13.1. The van der Waals surface area contributed by atoms with Crippen molar-refractivity contribution in [2.45, 2.75) is 25.9 Å². The predicted molar refractivity (Wildman–Crippen MR) is 82.8 cm³/mol. The van der Waals surface area contributed by atoms with E-state index in [1.165, 1.54) is 29.7 Å². The molecule has 2 heterocycles. The molecule has 0 bridgehead atoms. The molecule has 1 aliphatic rings. The first-order chi connectivity index (χ1) is 9.86. The lowest BCUT2D eigenvalue weighted by Crippen LogP contribution is -2.23. The van der Waals surface area contributed by atoms with Crippen molar-refractivity contribution in [1.82, 2.24) is 10.3 Å². The maximum absolute atomic E-state index is 4.40. The summed E-state index contributed by atoms with van der Waals surface area (Å²) in [6, 6.07) is 13.1. The van der Waals surface area contributed by atoms with Crippen LogP contribution in [0.3, 0.4) is 0 Å². The Kier molecular flexibility index (Phi) is 3.97. The minimum atomic E-state index is 0.818. The third-order valence-corrected chi connectivity index (χ3v) is 3.88. The zero-order chi connectivity index (χ0) is 13.8. The number of hydrogen-bond donors (Lipinski definition) is 1. The predicted octanol–water partition coefficient (Wildman–Crippen LogP) is 2.75. The van der Waals surface area contributed by atoms with E-state index in [2.05, 4.69) is 51.6 Å². The first-order valence-corrected chi connectivity index (χ1v) is 7.28. The van der Waals surface area contributed by atoms with Gasteiger partial charge in [0, 0.05) is 31.5 Å². The van der Waals surface area contributed by atoms with Crippen molar-refractivity contribution in [2.75, 3.05) is 18.5 Å². The number of benzene rings is 1. The molecule has 3 heteroatoms. The monoisotopic (exact) mass is 267 g/mol. The second-order valence-corrected chi connectivity index (χ2v) is 5.33. The van der Waals surface area contributed by atoms with Crippen molar-refractivity contribution in [1.29, 1.82) is 0 Å². The highest BCUT2D eigenvalue weighted by molar-refractivity contribution is 5.48. The van der Waals surface area contributed by atoms with E-state index < -0.39 is 0 Å². The van der Waals surface area contributed by atoms with Crippen LogP contribution in [-0.2, 0) is 19.5 Å².